The molecule has 0 spiro atoms. The van der Waals surface area contributed by atoms with Gasteiger partial charge >= 0.3 is 0 Å². The molecule has 15 heavy (non-hydrogen) atoms. The number of hydrogen-bond acceptors (Lipinski definition) is 3. The molecular formula is C12H21N3. The Morgan fingerprint density at radius 3 is 2.60 bits per heavy atom. The molecular weight excluding hydrogens is 186 g/mol. The van der Waals surface area contributed by atoms with Crippen molar-refractivity contribution < 1.29 is 0 Å². The van der Waals surface area contributed by atoms with Crippen molar-refractivity contribution in [2.45, 2.75) is 40.0 Å². The number of nitrogens with one attached hydrogen (secondary N) is 1. The van der Waals surface area contributed by atoms with Crippen LogP contribution in [0.2, 0.25) is 0 Å². The zero-order valence-electron chi connectivity index (χ0n) is 9.95. The number of nitrogens with zero attached hydrogens (tertiary/aromatic N) is 2. The first-order chi connectivity index (χ1) is 7.20. The Hall–Kier alpha value is -1.12. The molecule has 3 heteroatoms. The molecule has 0 saturated carbocycles. The molecule has 0 atom stereocenters. The third-order valence-corrected chi connectivity index (χ3v) is 2.38. The lowest BCUT2D eigenvalue weighted by atomic mass is 10.1. The summed E-state index contributed by atoms with van der Waals surface area (Å²) >= 11 is 0. The summed E-state index contributed by atoms with van der Waals surface area (Å²) in [5.41, 5.74) is 0.973. The summed E-state index contributed by atoms with van der Waals surface area (Å²) in [6.45, 7) is 7.50. The molecule has 0 fully saturated rings. The number of rotatable bonds is 6. The van der Waals surface area contributed by atoms with Gasteiger partial charge < -0.3 is 5.32 Å². The van der Waals surface area contributed by atoms with Crippen molar-refractivity contribution in [3.63, 3.8) is 0 Å². The van der Waals surface area contributed by atoms with Gasteiger partial charge in [-0.25, -0.2) is 4.98 Å². The van der Waals surface area contributed by atoms with E-state index >= 15 is 0 Å². The molecule has 0 saturated heterocycles. The lowest BCUT2D eigenvalue weighted by molar-refractivity contribution is 0.544. The second kappa shape index (κ2) is 6.38. The minimum Gasteiger partial charge on any atom is -0.369 e. The predicted molar refractivity (Wildman–Crippen MR) is 63.9 cm³/mol. The van der Waals surface area contributed by atoms with Crippen molar-refractivity contribution in [2.24, 2.45) is 5.92 Å². The van der Waals surface area contributed by atoms with Gasteiger partial charge in [-0.15, -0.1) is 0 Å². The molecule has 1 N–H and O–H groups in total. The first kappa shape index (κ1) is 12.0. The Bertz CT molecular complexity index is 284. The van der Waals surface area contributed by atoms with Crippen molar-refractivity contribution >= 4 is 5.82 Å². The third kappa shape index (κ3) is 4.77. The Morgan fingerprint density at radius 1 is 1.20 bits per heavy atom. The molecule has 1 rings (SSSR count). The van der Waals surface area contributed by atoms with Crippen LogP contribution in [0.15, 0.2) is 12.4 Å². The second-order valence-electron chi connectivity index (χ2n) is 4.31. The van der Waals surface area contributed by atoms with E-state index in [2.05, 4.69) is 29.1 Å². The van der Waals surface area contributed by atoms with Crippen molar-refractivity contribution in [2.75, 3.05) is 11.9 Å². The summed E-state index contributed by atoms with van der Waals surface area (Å²) < 4.78 is 0. The molecule has 0 amide bonds. The average molecular weight is 207 g/mol. The zero-order valence-corrected chi connectivity index (χ0v) is 9.95. The van der Waals surface area contributed by atoms with E-state index in [0.29, 0.717) is 0 Å². The molecule has 1 aromatic heterocycles. The van der Waals surface area contributed by atoms with Crippen molar-refractivity contribution in [3.05, 3.63) is 18.1 Å². The number of unbranched alkanes of at least 4 members (excludes halogenated alkanes) is 1. The summed E-state index contributed by atoms with van der Waals surface area (Å²) in [5.74, 6) is 1.73. The smallest absolute Gasteiger partial charge is 0.147 e. The molecule has 0 radical (unpaired) electrons. The number of aromatic nitrogens is 2. The highest BCUT2D eigenvalue weighted by molar-refractivity contribution is 5.37. The van der Waals surface area contributed by atoms with Crippen LogP contribution < -0.4 is 5.32 Å². The monoisotopic (exact) mass is 207 g/mol. The SMILES string of the molecule is Cc1nccnc1NCCCCC(C)C. The number of aryl methyl sites for hydroxylation is 1. The van der Waals surface area contributed by atoms with Crippen LogP contribution in [0, 0.1) is 12.8 Å². The Balaban J connectivity index is 2.18. The highest BCUT2D eigenvalue weighted by Gasteiger charge is 1.98. The average Bonchev–Trinajstić information content (AvgIpc) is 2.20. The van der Waals surface area contributed by atoms with E-state index in [1.54, 1.807) is 12.4 Å². The molecule has 84 valence electrons. The van der Waals surface area contributed by atoms with Crippen LogP contribution in [0.25, 0.3) is 0 Å². The van der Waals surface area contributed by atoms with Gasteiger partial charge in [-0.1, -0.05) is 26.7 Å². The Labute approximate surface area is 92.3 Å². The maximum absolute atomic E-state index is 4.24. The van der Waals surface area contributed by atoms with Crippen molar-refractivity contribution in [1.29, 1.82) is 0 Å². The lowest BCUT2D eigenvalue weighted by Gasteiger charge is -2.07. The minimum absolute atomic E-state index is 0.809. The fraction of sp³-hybridized carbons (Fsp3) is 0.667. The number of hydrogen-bond donors (Lipinski definition) is 1. The standard InChI is InChI=1S/C12H21N3/c1-10(2)6-4-5-7-14-12-11(3)13-8-9-15-12/h8-10H,4-7H2,1-3H3,(H,14,15). The van der Waals surface area contributed by atoms with Gasteiger partial charge in [-0.2, -0.15) is 0 Å². The molecule has 3 nitrogen and oxygen atoms in total. The van der Waals surface area contributed by atoms with E-state index in [9.17, 15) is 0 Å². The van der Waals surface area contributed by atoms with E-state index in [-0.39, 0.29) is 0 Å². The van der Waals surface area contributed by atoms with Crippen LogP contribution in [0.3, 0.4) is 0 Å². The van der Waals surface area contributed by atoms with E-state index in [4.69, 9.17) is 0 Å². The van der Waals surface area contributed by atoms with Gasteiger partial charge in [-0.05, 0) is 19.3 Å². The third-order valence-electron chi connectivity index (χ3n) is 2.38. The van der Waals surface area contributed by atoms with Crippen molar-refractivity contribution in [3.8, 4) is 0 Å². The van der Waals surface area contributed by atoms with Crippen LogP contribution in [0.1, 0.15) is 38.8 Å². The molecule has 0 aliphatic rings. The van der Waals surface area contributed by atoms with E-state index in [0.717, 1.165) is 24.0 Å². The molecule has 0 aliphatic carbocycles. The van der Waals surface area contributed by atoms with Crippen LogP contribution in [0.5, 0.6) is 0 Å². The van der Waals surface area contributed by atoms with Gasteiger partial charge in [0.2, 0.25) is 0 Å². The zero-order chi connectivity index (χ0) is 11.1. The van der Waals surface area contributed by atoms with Crippen molar-refractivity contribution in [1.82, 2.24) is 9.97 Å². The second-order valence-corrected chi connectivity index (χ2v) is 4.31. The van der Waals surface area contributed by atoms with E-state index in [1.165, 1.54) is 19.3 Å². The van der Waals surface area contributed by atoms with Crippen LogP contribution >= 0.6 is 0 Å². The van der Waals surface area contributed by atoms with Crippen LogP contribution in [-0.2, 0) is 0 Å². The predicted octanol–water partition coefficient (Wildman–Crippen LogP) is 3.02. The topological polar surface area (TPSA) is 37.8 Å². The summed E-state index contributed by atoms with van der Waals surface area (Å²) in [6.07, 6.45) is 7.24. The normalized spacial score (nSPS) is 10.7. The highest BCUT2D eigenvalue weighted by atomic mass is 15.0. The van der Waals surface area contributed by atoms with Gasteiger partial charge in [0.05, 0.1) is 5.69 Å². The largest absolute Gasteiger partial charge is 0.369 e. The van der Waals surface area contributed by atoms with Gasteiger partial charge in [0.1, 0.15) is 5.82 Å². The maximum Gasteiger partial charge on any atom is 0.147 e. The molecule has 0 aromatic carbocycles. The summed E-state index contributed by atoms with van der Waals surface area (Å²) in [5, 5.41) is 3.31. The van der Waals surface area contributed by atoms with Gasteiger partial charge in [0.15, 0.2) is 0 Å². The minimum atomic E-state index is 0.809. The molecule has 1 aromatic rings. The van der Waals surface area contributed by atoms with Crippen LogP contribution in [-0.4, -0.2) is 16.5 Å². The fourth-order valence-electron chi connectivity index (χ4n) is 1.47. The summed E-state index contributed by atoms with van der Waals surface area (Å²) in [6, 6.07) is 0. The van der Waals surface area contributed by atoms with Gasteiger partial charge in [0, 0.05) is 18.9 Å². The first-order valence-electron chi connectivity index (χ1n) is 5.71. The van der Waals surface area contributed by atoms with Crippen LogP contribution in [0.4, 0.5) is 5.82 Å². The molecule has 0 aliphatic heterocycles. The Morgan fingerprint density at radius 2 is 1.93 bits per heavy atom. The summed E-state index contributed by atoms with van der Waals surface area (Å²) in [7, 11) is 0. The fourth-order valence-corrected chi connectivity index (χ4v) is 1.47. The number of anilines is 1. The highest BCUT2D eigenvalue weighted by Crippen LogP contribution is 2.08. The maximum atomic E-state index is 4.24. The first-order valence-corrected chi connectivity index (χ1v) is 5.71. The molecule has 0 unspecified atom stereocenters. The molecule has 1 heterocycles. The van der Waals surface area contributed by atoms with E-state index < -0.39 is 0 Å². The molecule has 0 bridgehead atoms. The van der Waals surface area contributed by atoms with Gasteiger partial charge in [0.25, 0.3) is 0 Å². The van der Waals surface area contributed by atoms with Gasteiger partial charge in [-0.3, -0.25) is 4.98 Å². The lowest BCUT2D eigenvalue weighted by Crippen LogP contribution is -2.06. The quantitative estimate of drug-likeness (QED) is 0.729. The van der Waals surface area contributed by atoms with E-state index in [1.807, 2.05) is 6.92 Å². The Kier molecular flexibility index (Phi) is 5.08. The summed E-state index contributed by atoms with van der Waals surface area (Å²) in [4.78, 5) is 8.42.